The van der Waals surface area contributed by atoms with Gasteiger partial charge in [0, 0.05) is 18.6 Å². The van der Waals surface area contributed by atoms with Crippen LogP contribution in [0.1, 0.15) is 0 Å². The van der Waals surface area contributed by atoms with E-state index in [1.54, 1.807) is 18.5 Å². The highest BCUT2D eigenvalue weighted by molar-refractivity contribution is 7.71. The normalized spacial score (nSPS) is 10.4. The molecule has 2 heterocycles. The monoisotopic (exact) mass is 151 g/mol. The third-order valence-corrected chi connectivity index (χ3v) is 1.65. The molecule has 0 aliphatic carbocycles. The molecule has 0 aromatic carbocycles. The first-order valence-electron chi connectivity index (χ1n) is 2.89. The number of aromatic amines is 1. The van der Waals surface area contributed by atoms with Gasteiger partial charge >= 0.3 is 0 Å². The smallest absolute Gasteiger partial charge is 0.212 e. The van der Waals surface area contributed by atoms with Crippen molar-refractivity contribution >= 4 is 18.0 Å². The van der Waals surface area contributed by atoms with Crippen molar-refractivity contribution in [1.29, 1.82) is 0 Å². The lowest BCUT2D eigenvalue weighted by Crippen LogP contribution is -1.86. The zero-order valence-electron chi connectivity index (χ0n) is 5.11. The van der Waals surface area contributed by atoms with E-state index < -0.39 is 0 Å². The minimum Gasteiger partial charge on any atom is -0.330 e. The number of fused-ring (bicyclic) bond motifs is 1. The summed E-state index contributed by atoms with van der Waals surface area (Å²) in [5, 5.41) is 0. The molecule has 10 heavy (non-hydrogen) atoms. The van der Waals surface area contributed by atoms with Gasteiger partial charge in [-0.2, -0.15) is 0 Å². The van der Waals surface area contributed by atoms with Gasteiger partial charge in [-0.3, -0.25) is 4.40 Å². The fourth-order valence-electron chi connectivity index (χ4n) is 0.856. The molecule has 50 valence electrons. The Labute approximate surface area is 62.3 Å². The summed E-state index contributed by atoms with van der Waals surface area (Å²) in [6.07, 6.45) is 5.34. The summed E-state index contributed by atoms with van der Waals surface area (Å²) < 4.78 is 2.58. The molecule has 2 aromatic rings. The van der Waals surface area contributed by atoms with Gasteiger partial charge < -0.3 is 4.98 Å². The van der Waals surface area contributed by atoms with Gasteiger partial charge in [0.25, 0.3) is 0 Å². The summed E-state index contributed by atoms with van der Waals surface area (Å²) in [5.41, 5.74) is 0. The maximum Gasteiger partial charge on any atom is 0.212 e. The van der Waals surface area contributed by atoms with Crippen molar-refractivity contribution in [3.05, 3.63) is 29.3 Å². The van der Waals surface area contributed by atoms with Crippen molar-refractivity contribution in [2.75, 3.05) is 0 Å². The summed E-state index contributed by atoms with van der Waals surface area (Å²) >= 11 is 5.01. The van der Waals surface area contributed by atoms with Crippen LogP contribution in [0.25, 0.3) is 5.78 Å². The molecule has 2 rings (SSSR count). The zero-order valence-corrected chi connectivity index (χ0v) is 5.93. The largest absolute Gasteiger partial charge is 0.330 e. The number of H-pyrrole nitrogens is 1. The van der Waals surface area contributed by atoms with E-state index in [1.165, 1.54) is 0 Å². The average molecular weight is 151 g/mol. The highest BCUT2D eigenvalue weighted by Crippen LogP contribution is 1.95. The van der Waals surface area contributed by atoms with Gasteiger partial charge in [-0.05, 0) is 6.07 Å². The predicted octanol–water partition coefficient (Wildman–Crippen LogP) is 1.39. The molecule has 0 fully saturated rings. The molecule has 4 heteroatoms. The Bertz CT molecular complexity index is 400. The number of rotatable bonds is 0. The van der Waals surface area contributed by atoms with Gasteiger partial charge in [0.1, 0.15) is 4.64 Å². The maximum absolute atomic E-state index is 5.01. The number of nitrogens with zero attached hydrogens (tertiary/aromatic N) is 2. The molecule has 0 saturated heterocycles. The van der Waals surface area contributed by atoms with E-state index in [2.05, 4.69) is 9.97 Å². The average Bonchev–Trinajstić information content (AvgIpc) is 2.36. The first kappa shape index (κ1) is 5.61. The third kappa shape index (κ3) is 0.657. The maximum atomic E-state index is 5.01. The lowest BCUT2D eigenvalue weighted by molar-refractivity contribution is 1.09. The van der Waals surface area contributed by atoms with Crippen molar-refractivity contribution in [2.24, 2.45) is 0 Å². The Balaban J connectivity index is 3.09. The van der Waals surface area contributed by atoms with E-state index in [0.29, 0.717) is 0 Å². The lowest BCUT2D eigenvalue weighted by atomic mass is 10.7. The number of hydrogen-bond donors (Lipinski definition) is 1. The highest BCUT2D eigenvalue weighted by atomic mass is 32.1. The van der Waals surface area contributed by atoms with Crippen LogP contribution in [-0.2, 0) is 0 Å². The van der Waals surface area contributed by atoms with Crippen LogP contribution in [0.4, 0.5) is 0 Å². The summed E-state index contributed by atoms with van der Waals surface area (Å²) in [4.78, 5) is 6.99. The molecule has 2 aromatic heterocycles. The summed E-state index contributed by atoms with van der Waals surface area (Å²) in [6, 6.07) is 1.79. The fraction of sp³-hybridized carbons (Fsp3) is 0. The van der Waals surface area contributed by atoms with Gasteiger partial charge in [0.15, 0.2) is 0 Å². The van der Waals surface area contributed by atoms with Crippen LogP contribution in [0.3, 0.4) is 0 Å². The second-order valence-corrected chi connectivity index (χ2v) is 2.36. The molecule has 0 saturated carbocycles. The van der Waals surface area contributed by atoms with E-state index in [1.807, 2.05) is 10.6 Å². The molecule has 0 unspecified atom stereocenters. The highest BCUT2D eigenvalue weighted by Gasteiger charge is 1.89. The van der Waals surface area contributed by atoms with E-state index in [9.17, 15) is 0 Å². The van der Waals surface area contributed by atoms with Crippen LogP contribution in [0.5, 0.6) is 0 Å². The predicted molar refractivity (Wildman–Crippen MR) is 40.4 cm³/mol. The number of aromatic nitrogens is 3. The zero-order chi connectivity index (χ0) is 6.97. The Kier molecular flexibility index (Phi) is 1.07. The molecular weight excluding hydrogens is 146 g/mol. The van der Waals surface area contributed by atoms with Gasteiger partial charge in [0.05, 0.1) is 0 Å². The summed E-state index contributed by atoms with van der Waals surface area (Å²) in [6.45, 7) is 0. The summed E-state index contributed by atoms with van der Waals surface area (Å²) in [5.74, 6) is 0.785. The van der Waals surface area contributed by atoms with Crippen molar-refractivity contribution in [3.63, 3.8) is 0 Å². The van der Waals surface area contributed by atoms with Crippen LogP contribution >= 0.6 is 12.2 Å². The lowest BCUT2D eigenvalue weighted by Gasteiger charge is -1.88. The van der Waals surface area contributed by atoms with Gasteiger partial charge in [0.2, 0.25) is 5.78 Å². The number of hydrogen-bond acceptors (Lipinski definition) is 2. The fourth-order valence-corrected chi connectivity index (χ4v) is 1.06. The molecule has 0 atom stereocenters. The molecular formula is C6H5N3S. The van der Waals surface area contributed by atoms with Crippen LogP contribution < -0.4 is 0 Å². The molecule has 1 N–H and O–H groups in total. The van der Waals surface area contributed by atoms with Crippen LogP contribution in [0.2, 0.25) is 0 Å². The van der Waals surface area contributed by atoms with Crippen molar-refractivity contribution in [1.82, 2.24) is 14.4 Å². The second-order valence-electron chi connectivity index (χ2n) is 1.94. The molecule has 0 spiro atoms. The molecule has 0 bridgehead atoms. The number of nitrogens with one attached hydrogen (secondary N) is 1. The van der Waals surface area contributed by atoms with E-state index in [4.69, 9.17) is 12.2 Å². The Morgan fingerprint density at radius 3 is 3.30 bits per heavy atom. The molecule has 3 nitrogen and oxygen atoms in total. The van der Waals surface area contributed by atoms with Crippen LogP contribution in [-0.4, -0.2) is 14.4 Å². The van der Waals surface area contributed by atoms with E-state index in [-0.39, 0.29) is 0 Å². The van der Waals surface area contributed by atoms with Crippen molar-refractivity contribution in [3.8, 4) is 0 Å². The Morgan fingerprint density at radius 1 is 1.60 bits per heavy atom. The minimum absolute atomic E-state index is 0.770. The summed E-state index contributed by atoms with van der Waals surface area (Å²) in [7, 11) is 0. The van der Waals surface area contributed by atoms with Crippen LogP contribution in [0.15, 0.2) is 24.7 Å². The van der Waals surface area contributed by atoms with Crippen molar-refractivity contribution in [2.45, 2.75) is 0 Å². The van der Waals surface area contributed by atoms with Gasteiger partial charge in [-0.1, -0.05) is 12.2 Å². The molecule has 0 radical (unpaired) electrons. The topological polar surface area (TPSA) is 33.1 Å². The third-order valence-electron chi connectivity index (χ3n) is 1.32. The van der Waals surface area contributed by atoms with Gasteiger partial charge in [-0.25, -0.2) is 4.98 Å². The SMILES string of the molecule is S=c1ccnc2[nH]ccn12. The second kappa shape index (κ2) is 1.91. The van der Waals surface area contributed by atoms with E-state index in [0.717, 1.165) is 10.4 Å². The first-order valence-corrected chi connectivity index (χ1v) is 3.29. The molecule has 0 aliphatic heterocycles. The van der Waals surface area contributed by atoms with Crippen LogP contribution in [0, 0.1) is 4.64 Å². The van der Waals surface area contributed by atoms with E-state index >= 15 is 0 Å². The first-order chi connectivity index (χ1) is 4.88. The molecule has 0 aliphatic rings. The quantitative estimate of drug-likeness (QED) is 0.577. The minimum atomic E-state index is 0.770. The molecule has 0 amide bonds. The van der Waals surface area contributed by atoms with Gasteiger partial charge in [-0.15, -0.1) is 0 Å². The standard InChI is InChI=1S/C6H5N3S/c10-5-1-2-7-6-8-3-4-9(5)6/h1-4H,(H,7,8). The van der Waals surface area contributed by atoms with Crippen molar-refractivity contribution < 1.29 is 0 Å². The Morgan fingerprint density at radius 2 is 2.50 bits per heavy atom. The Hall–Kier alpha value is -1.16. The number of imidazole rings is 1.